The van der Waals surface area contributed by atoms with Gasteiger partial charge in [-0.1, -0.05) is 30.0 Å². The van der Waals surface area contributed by atoms with Crippen molar-refractivity contribution in [1.29, 1.82) is 0 Å². The Morgan fingerprint density at radius 1 is 1.24 bits per heavy atom. The van der Waals surface area contributed by atoms with Crippen molar-refractivity contribution in [2.24, 2.45) is 5.73 Å². The summed E-state index contributed by atoms with van der Waals surface area (Å²) in [5, 5.41) is 18.3. The summed E-state index contributed by atoms with van der Waals surface area (Å²) in [4.78, 5) is 0. The van der Waals surface area contributed by atoms with Crippen molar-refractivity contribution in [2.75, 3.05) is 6.54 Å². The summed E-state index contributed by atoms with van der Waals surface area (Å²) in [5.74, 6) is 0.735. The van der Waals surface area contributed by atoms with Gasteiger partial charge in [-0.25, -0.2) is 4.68 Å². The first-order chi connectivity index (χ1) is 10.3. The van der Waals surface area contributed by atoms with Gasteiger partial charge in [-0.2, -0.15) is 5.10 Å². The number of para-hydroxylation sites is 1. The topological polar surface area (TPSA) is 87.4 Å². The van der Waals surface area contributed by atoms with E-state index in [1.54, 1.807) is 16.4 Å². The zero-order chi connectivity index (χ0) is 14.7. The molecule has 0 unspecified atom stereocenters. The molecule has 0 bridgehead atoms. The maximum absolute atomic E-state index is 5.55. The van der Waals surface area contributed by atoms with Crippen molar-refractivity contribution < 1.29 is 0 Å². The predicted octanol–water partition coefficient (Wildman–Crippen LogP) is 1.29. The Hall–Kier alpha value is -1.93. The Labute approximate surface area is 126 Å². The summed E-state index contributed by atoms with van der Waals surface area (Å²) in [6.07, 6.45) is 0. The van der Waals surface area contributed by atoms with Gasteiger partial charge < -0.3 is 5.73 Å². The Bertz CT molecular complexity index is 733. The predicted molar refractivity (Wildman–Crippen MR) is 81.8 cm³/mol. The Kier molecular flexibility index (Phi) is 4.16. The highest BCUT2D eigenvalue weighted by molar-refractivity contribution is 7.98. The molecule has 0 aliphatic heterocycles. The Balaban J connectivity index is 1.83. The van der Waals surface area contributed by atoms with E-state index in [0.717, 1.165) is 28.7 Å². The number of tetrazole rings is 1. The minimum atomic E-state index is 0.520. The fraction of sp³-hybridized carbons (Fsp3) is 0.385. The highest BCUT2D eigenvalue weighted by Gasteiger charge is 2.12. The van der Waals surface area contributed by atoms with Crippen LogP contribution in [0.25, 0.3) is 10.9 Å². The van der Waals surface area contributed by atoms with Crippen LogP contribution in [0, 0.1) is 0 Å². The van der Waals surface area contributed by atoms with Crippen LogP contribution < -0.4 is 5.73 Å². The van der Waals surface area contributed by atoms with Gasteiger partial charge in [0.05, 0.1) is 17.8 Å². The largest absolute Gasteiger partial charge is 0.329 e. The molecule has 2 heterocycles. The fourth-order valence-corrected chi connectivity index (χ4v) is 3.09. The molecule has 0 radical (unpaired) electrons. The molecule has 21 heavy (non-hydrogen) atoms. The van der Waals surface area contributed by atoms with Crippen molar-refractivity contribution in [3.05, 3.63) is 30.0 Å². The summed E-state index contributed by atoms with van der Waals surface area (Å²) in [6.45, 7) is 4.10. The van der Waals surface area contributed by atoms with Gasteiger partial charge in [-0.3, -0.25) is 4.68 Å². The second kappa shape index (κ2) is 6.23. The van der Waals surface area contributed by atoms with Crippen LogP contribution >= 0.6 is 11.8 Å². The average Bonchev–Trinajstić information content (AvgIpc) is 3.10. The van der Waals surface area contributed by atoms with E-state index in [1.807, 2.05) is 16.8 Å². The molecule has 0 fully saturated rings. The molecule has 0 amide bonds. The standard InChI is InChI=1S/C13H17N7S/c1-2-19-12-6-4-3-5-10(12)11(16-19)9-21-13-15-17-18-20(13)8-7-14/h3-6H,2,7-9,14H2,1H3. The third kappa shape index (κ3) is 2.77. The van der Waals surface area contributed by atoms with E-state index in [-0.39, 0.29) is 0 Å². The molecular weight excluding hydrogens is 286 g/mol. The van der Waals surface area contributed by atoms with E-state index < -0.39 is 0 Å². The monoisotopic (exact) mass is 303 g/mol. The lowest BCUT2D eigenvalue weighted by molar-refractivity contribution is 0.557. The van der Waals surface area contributed by atoms with Crippen LogP contribution in [0.3, 0.4) is 0 Å². The van der Waals surface area contributed by atoms with Crippen LogP contribution in [0.2, 0.25) is 0 Å². The summed E-state index contributed by atoms with van der Waals surface area (Å²) < 4.78 is 3.75. The van der Waals surface area contributed by atoms with E-state index in [0.29, 0.717) is 13.1 Å². The van der Waals surface area contributed by atoms with Gasteiger partial charge in [0.1, 0.15) is 0 Å². The minimum absolute atomic E-state index is 0.520. The number of aromatic nitrogens is 6. The normalized spacial score (nSPS) is 11.3. The number of nitrogens with two attached hydrogens (primary N) is 1. The lowest BCUT2D eigenvalue weighted by Crippen LogP contribution is -2.12. The van der Waals surface area contributed by atoms with Gasteiger partial charge in [-0.05, 0) is 23.4 Å². The van der Waals surface area contributed by atoms with Crippen LogP contribution in [-0.4, -0.2) is 36.5 Å². The molecule has 7 nitrogen and oxygen atoms in total. The smallest absolute Gasteiger partial charge is 0.209 e. The molecule has 2 N–H and O–H groups in total. The van der Waals surface area contributed by atoms with E-state index in [1.165, 1.54) is 5.39 Å². The van der Waals surface area contributed by atoms with Crippen molar-refractivity contribution in [3.8, 4) is 0 Å². The lowest BCUT2D eigenvalue weighted by atomic mass is 10.2. The first-order valence-electron chi connectivity index (χ1n) is 6.87. The average molecular weight is 303 g/mol. The molecule has 3 aromatic rings. The number of hydrogen-bond acceptors (Lipinski definition) is 6. The Morgan fingerprint density at radius 3 is 2.90 bits per heavy atom. The van der Waals surface area contributed by atoms with Gasteiger partial charge in [-0.15, -0.1) is 5.10 Å². The number of thioether (sulfide) groups is 1. The van der Waals surface area contributed by atoms with Crippen molar-refractivity contribution in [1.82, 2.24) is 30.0 Å². The summed E-state index contributed by atoms with van der Waals surface area (Å²) >= 11 is 1.58. The third-order valence-corrected chi connectivity index (χ3v) is 4.18. The molecule has 2 aromatic heterocycles. The number of benzene rings is 1. The van der Waals surface area contributed by atoms with Gasteiger partial charge in [0.2, 0.25) is 5.16 Å². The molecular formula is C13H17N7S. The Morgan fingerprint density at radius 2 is 2.10 bits per heavy atom. The SMILES string of the molecule is CCn1nc(CSc2nnnn2CCN)c2ccccc21. The van der Waals surface area contributed by atoms with Crippen molar-refractivity contribution >= 4 is 22.7 Å². The second-order valence-corrected chi connectivity index (χ2v) is 5.48. The molecule has 0 spiro atoms. The zero-order valence-electron chi connectivity index (χ0n) is 11.8. The number of fused-ring (bicyclic) bond motifs is 1. The summed E-state index contributed by atoms with van der Waals surface area (Å²) in [5.41, 5.74) is 7.77. The van der Waals surface area contributed by atoms with E-state index in [4.69, 9.17) is 5.73 Å². The summed E-state index contributed by atoms with van der Waals surface area (Å²) in [6, 6.07) is 8.28. The number of rotatable bonds is 6. The van der Waals surface area contributed by atoms with Gasteiger partial charge >= 0.3 is 0 Å². The van der Waals surface area contributed by atoms with Crippen molar-refractivity contribution in [2.45, 2.75) is 30.9 Å². The minimum Gasteiger partial charge on any atom is -0.329 e. The first kappa shape index (κ1) is 14.0. The number of nitrogens with zero attached hydrogens (tertiary/aromatic N) is 6. The molecule has 0 aliphatic rings. The van der Waals surface area contributed by atoms with Crippen LogP contribution in [0.4, 0.5) is 0 Å². The highest BCUT2D eigenvalue weighted by Crippen LogP contribution is 2.25. The maximum Gasteiger partial charge on any atom is 0.209 e. The molecule has 3 rings (SSSR count). The molecule has 8 heteroatoms. The highest BCUT2D eigenvalue weighted by atomic mass is 32.2. The van der Waals surface area contributed by atoms with Crippen LogP contribution in [0.5, 0.6) is 0 Å². The van der Waals surface area contributed by atoms with Gasteiger partial charge in [0.25, 0.3) is 0 Å². The first-order valence-corrected chi connectivity index (χ1v) is 7.85. The molecule has 1 aromatic carbocycles. The summed E-state index contributed by atoms with van der Waals surface area (Å²) in [7, 11) is 0. The van der Waals surface area contributed by atoms with Crippen LogP contribution in [0.15, 0.2) is 29.4 Å². The molecule has 0 saturated heterocycles. The number of hydrogen-bond donors (Lipinski definition) is 1. The zero-order valence-corrected chi connectivity index (χ0v) is 12.6. The second-order valence-electron chi connectivity index (χ2n) is 4.54. The van der Waals surface area contributed by atoms with E-state index >= 15 is 0 Å². The quantitative estimate of drug-likeness (QED) is 0.691. The molecule has 0 atom stereocenters. The van der Waals surface area contributed by atoms with Crippen molar-refractivity contribution in [3.63, 3.8) is 0 Å². The maximum atomic E-state index is 5.55. The van der Waals surface area contributed by atoms with Gasteiger partial charge in [0, 0.05) is 24.2 Å². The molecule has 110 valence electrons. The number of aryl methyl sites for hydroxylation is 1. The fourth-order valence-electron chi connectivity index (χ4n) is 2.24. The molecule has 0 saturated carbocycles. The van der Waals surface area contributed by atoms with Gasteiger partial charge in [0.15, 0.2) is 0 Å². The lowest BCUT2D eigenvalue weighted by Gasteiger charge is -2.01. The third-order valence-electron chi connectivity index (χ3n) is 3.21. The van der Waals surface area contributed by atoms with Crippen LogP contribution in [0.1, 0.15) is 12.6 Å². The molecule has 0 aliphatic carbocycles. The van der Waals surface area contributed by atoms with E-state index in [2.05, 4.69) is 39.7 Å². The van der Waals surface area contributed by atoms with E-state index in [9.17, 15) is 0 Å². The van der Waals surface area contributed by atoms with Crippen LogP contribution in [-0.2, 0) is 18.8 Å².